The third-order valence-electron chi connectivity index (χ3n) is 2.64. The third-order valence-corrected chi connectivity index (χ3v) is 4.65. The molecule has 0 saturated carbocycles. The summed E-state index contributed by atoms with van der Waals surface area (Å²) >= 11 is 5.67. The van der Waals surface area contributed by atoms with Crippen molar-refractivity contribution in [3.8, 4) is 0 Å². The van der Waals surface area contributed by atoms with Crippen molar-refractivity contribution in [3.63, 3.8) is 0 Å². The van der Waals surface area contributed by atoms with Crippen LogP contribution in [0.1, 0.15) is 11.1 Å². The first kappa shape index (κ1) is 13.1. The Morgan fingerprint density at radius 2 is 1.44 bits per heavy atom. The number of alkyl halides is 1. The summed E-state index contributed by atoms with van der Waals surface area (Å²) in [5, 5.41) is 0. The van der Waals surface area contributed by atoms with E-state index in [1.807, 2.05) is 30.3 Å². The van der Waals surface area contributed by atoms with Crippen LogP contribution in [-0.2, 0) is 21.5 Å². The summed E-state index contributed by atoms with van der Waals surface area (Å²) < 4.78 is 24.3. The van der Waals surface area contributed by atoms with Crippen molar-refractivity contribution in [2.24, 2.45) is 0 Å². The van der Waals surface area contributed by atoms with Crippen molar-refractivity contribution in [1.29, 1.82) is 0 Å². The Bertz CT molecular complexity index is 604. The molecule has 0 bridgehead atoms. The van der Waals surface area contributed by atoms with Crippen LogP contribution in [0.5, 0.6) is 0 Å². The highest BCUT2D eigenvalue weighted by Gasteiger charge is 2.14. The second kappa shape index (κ2) is 5.55. The lowest BCUT2D eigenvalue weighted by Crippen LogP contribution is -2.04. The van der Waals surface area contributed by atoms with Gasteiger partial charge in [-0.15, -0.1) is 11.6 Å². The molecule has 0 atom stereocenters. The molecular formula is C14H13ClO2S. The standard InChI is InChI=1S/C14H13ClO2S/c15-10-12-6-8-14(9-7-12)18(16,17)11-13-4-2-1-3-5-13/h1-9H,10-11H2. The Balaban J connectivity index is 2.25. The zero-order chi connectivity index (χ0) is 13.0. The number of hydrogen-bond donors (Lipinski definition) is 0. The molecule has 2 aromatic carbocycles. The molecule has 0 radical (unpaired) electrons. The molecule has 0 amide bonds. The quantitative estimate of drug-likeness (QED) is 0.805. The lowest BCUT2D eigenvalue weighted by molar-refractivity contribution is 0.595. The molecule has 2 rings (SSSR count). The van der Waals surface area contributed by atoms with Crippen molar-refractivity contribution in [1.82, 2.24) is 0 Å². The van der Waals surface area contributed by atoms with Gasteiger partial charge in [0.05, 0.1) is 10.6 Å². The van der Waals surface area contributed by atoms with Gasteiger partial charge in [-0.25, -0.2) is 8.42 Å². The molecule has 0 fully saturated rings. The Kier molecular flexibility index (Phi) is 4.04. The molecular weight excluding hydrogens is 268 g/mol. The third kappa shape index (κ3) is 3.12. The highest BCUT2D eigenvalue weighted by molar-refractivity contribution is 7.90. The fraction of sp³-hybridized carbons (Fsp3) is 0.143. The summed E-state index contributed by atoms with van der Waals surface area (Å²) in [7, 11) is -3.28. The Morgan fingerprint density at radius 1 is 0.833 bits per heavy atom. The number of hydrogen-bond acceptors (Lipinski definition) is 2. The predicted molar refractivity (Wildman–Crippen MR) is 73.3 cm³/mol. The highest BCUT2D eigenvalue weighted by Crippen LogP contribution is 2.17. The van der Waals surface area contributed by atoms with Gasteiger partial charge in [0.15, 0.2) is 9.84 Å². The maximum Gasteiger partial charge on any atom is 0.182 e. The van der Waals surface area contributed by atoms with Crippen LogP contribution in [-0.4, -0.2) is 8.42 Å². The summed E-state index contributed by atoms with van der Waals surface area (Å²) in [6, 6.07) is 15.9. The molecule has 0 spiro atoms. The first-order valence-corrected chi connectivity index (χ1v) is 7.72. The Morgan fingerprint density at radius 3 is 2.00 bits per heavy atom. The van der Waals surface area contributed by atoms with E-state index >= 15 is 0 Å². The Hall–Kier alpha value is -1.32. The summed E-state index contributed by atoms with van der Waals surface area (Å²) in [6.07, 6.45) is 0. The van der Waals surface area contributed by atoms with Crippen LogP contribution in [0, 0.1) is 0 Å². The molecule has 0 N–H and O–H groups in total. The van der Waals surface area contributed by atoms with Gasteiger partial charge in [-0.3, -0.25) is 0 Å². The van der Waals surface area contributed by atoms with Crippen LogP contribution in [0.2, 0.25) is 0 Å². The SMILES string of the molecule is O=S(=O)(Cc1ccccc1)c1ccc(CCl)cc1. The summed E-state index contributed by atoms with van der Waals surface area (Å²) in [4.78, 5) is 0.334. The minimum atomic E-state index is -3.28. The van der Waals surface area contributed by atoms with E-state index in [1.165, 1.54) is 0 Å². The van der Waals surface area contributed by atoms with Crippen molar-refractivity contribution in [2.75, 3.05) is 0 Å². The number of benzene rings is 2. The molecule has 0 aliphatic heterocycles. The first-order chi connectivity index (χ1) is 8.62. The molecule has 0 heterocycles. The normalized spacial score (nSPS) is 11.4. The van der Waals surface area contributed by atoms with Crippen LogP contribution >= 0.6 is 11.6 Å². The van der Waals surface area contributed by atoms with Crippen molar-refractivity contribution >= 4 is 21.4 Å². The molecule has 0 unspecified atom stereocenters. The molecule has 0 aliphatic rings. The number of sulfone groups is 1. The van der Waals surface area contributed by atoms with Crippen LogP contribution in [0.4, 0.5) is 0 Å². The molecule has 0 saturated heterocycles. The molecule has 4 heteroatoms. The maximum absolute atomic E-state index is 12.2. The van der Waals surface area contributed by atoms with Gasteiger partial charge < -0.3 is 0 Å². The van der Waals surface area contributed by atoms with Gasteiger partial charge in [-0.2, -0.15) is 0 Å². The average molecular weight is 281 g/mol. The minimum Gasteiger partial charge on any atom is -0.223 e. The van der Waals surface area contributed by atoms with E-state index in [2.05, 4.69) is 0 Å². The molecule has 0 aromatic heterocycles. The van der Waals surface area contributed by atoms with Gasteiger partial charge >= 0.3 is 0 Å². The second-order valence-corrected chi connectivity index (χ2v) is 6.28. The van der Waals surface area contributed by atoms with Gasteiger partial charge in [-0.1, -0.05) is 42.5 Å². The maximum atomic E-state index is 12.2. The summed E-state index contributed by atoms with van der Waals surface area (Å²) in [5.74, 6) is 0.410. The zero-order valence-electron chi connectivity index (χ0n) is 9.71. The smallest absolute Gasteiger partial charge is 0.182 e. The highest BCUT2D eigenvalue weighted by atomic mass is 35.5. The van der Waals surface area contributed by atoms with Gasteiger partial charge in [0, 0.05) is 5.88 Å². The molecule has 94 valence electrons. The Labute approximate surface area is 112 Å². The summed E-state index contributed by atoms with van der Waals surface area (Å²) in [5.41, 5.74) is 1.70. The predicted octanol–water partition coefficient (Wildman–Crippen LogP) is 3.40. The molecule has 2 nitrogen and oxygen atoms in total. The van der Waals surface area contributed by atoms with E-state index in [1.54, 1.807) is 24.3 Å². The van der Waals surface area contributed by atoms with Crippen molar-refractivity contribution < 1.29 is 8.42 Å². The van der Waals surface area contributed by atoms with Crippen LogP contribution in [0.25, 0.3) is 0 Å². The topological polar surface area (TPSA) is 34.1 Å². The van der Waals surface area contributed by atoms with E-state index in [-0.39, 0.29) is 5.75 Å². The van der Waals surface area contributed by atoms with Gasteiger partial charge in [0.2, 0.25) is 0 Å². The van der Waals surface area contributed by atoms with Crippen LogP contribution in [0.15, 0.2) is 59.5 Å². The van der Waals surface area contributed by atoms with E-state index in [4.69, 9.17) is 11.6 Å². The van der Waals surface area contributed by atoms with Crippen molar-refractivity contribution in [2.45, 2.75) is 16.5 Å². The summed E-state index contributed by atoms with van der Waals surface area (Å²) in [6.45, 7) is 0. The second-order valence-electron chi connectivity index (χ2n) is 4.02. The van der Waals surface area contributed by atoms with Crippen LogP contribution < -0.4 is 0 Å². The van der Waals surface area contributed by atoms with Crippen molar-refractivity contribution in [3.05, 3.63) is 65.7 Å². The molecule has 18 heavy (non-hydrogen) atoms. The van der Waals surface area contributed by atoms with Gasteiger partial charge in [0.25, 0.3) is 0 Å². The van der Waals surface area contributed by atoms with Gasteiger partial charge in [-0.05, 0) is 23.3 Å². The largest absolute Gasteiger partial charge is 0.223 e. The zero-order valence-corrected chi connectivity index (χ0v) is 11.3. The van der Waals surface area contributed by atoms with E-state index < -0.39 is 9.84 Å². The number of rotatable bonds is 4. The molecule has 0 aliphatic carbocycles. The van der Waals surface area contributed by atoms with E-state index in [0.717, 1.165) is 11.1 Å². The fourth-order valence-electron chi connectivity index (χ4n) is 1.66. The number of halogens is 1. The first-order valence-electron chi connectivity index (χ1n) is 5.53. The van der Waals surface area contributed by atoms with Gasteiger partial charge in [0.1, 0.15) is 0 Å². The fourth-order valence-corrected chi connectivity index (χ4v) is 3.19. The average Bonchev–Trinajstić information content (AvgIpc) is 2.39. The van der Waals surface area contributed by atoms with E-state index in [0.29, 0.717) is 10.8 Å². The van der Waals surface area contributed by atoms with E-state index in [9.17, 15) is 8.42 Å². The van der Waals surface area contributed by atoms with Crippen LogP contribution in [0.3, 0.4) is 0 Å². The monoisotopic (exact) mass is 280 g/mol. The minimum absolute atomic E-state index is 0.0219. The lowest BCUT2D eigenvalue weighted by atomic mass is 10.2. The lowest BCUT2D eigenvalue weighted by Gasteiger charge is -2.05. The molecule has 2 aromatic rings.